The first-order chi connectivity index (χ1) is 8.02. The molecule has 0 aliphatic carbocycles. The van der Waals surface area contributed by atoms with Gasteiger partial charge in [-0.05, 0) is 37.6 Å². The van der Waals surface area contributed by atoms with E-state index in [1.54, 1.807) is 24.3 Å². The summed E-state index contributed by atoms with van der Waals surface area (Å²) in [5.41, 5.74) is 7.00. The number of anilines is 1. The topological polar surface area (TPSA) is 72.2 Å². The van der Waals surface area contributed by atoms with Gasteiger partial charge in [0.05, 0.1) is 0 Å². The number of ketones is 1. The van der Waals surface area contributed by atoms with Crippen LogP contribution in [0.2, 0.25) is 0 Å². The largest absolute Gasteiger partial charge is 0.327 e. The van der Waals surface area contributed by atoms with Crippen LogP contribution in [0.25, 0.3) is 0 Å². The maximum Gasteiger partial charge on any atom is 0.225 e. The molecule has 4 heteroatoms. The van der Waals surface area contributed by atoms with Gasteiger partial charge in [0.2, 0.25) is 5.91 Å². The molecule has 4 nitrogen and oxygen atoms in total. The molecule has 0 aliphatic rings. The lowest BCUT2D eigenvalue weighted by molar-refractivity contribution is -0.116. The van der Waals surface area contributed by atoms with Crippen molar-refractivity contribution in [3.8, 4) is 0 Å². The number of benzene rings is 1. The first kappa shape index (κ1) is 13.4. The Morgan fingerprint density at radius 1 is 1.29 bits per heavy atom. The van der Waals surface area contributed by atoms with Gasteiger partial charge in [0, 0.05) is 23.7 Å². The summed E-state index contributed by atoms with van der Waals surface area (Å²) in [7, 11) is 0. The molecule has 3 N–H and O–H groups in total. The molecule has 1 aromatic carbocycles. The fraction of sp³-hybridized carbons (Fsp3) is 0.385. The third kappa shape index (κ3) is 4.36. The first-order valence-electron chi connectivity index (χ1n) is 5.69. The molecule has 1 unspecified atom stereocenters. The van der Waals surface area contributed by atoms with E-state index in [0.29, 0.717) is 17.7 Å². The molecule has 1 amide bonds. The lowest BCUT2D eigenvalue weighted by Gasteiger charge is -2.09. The number of nitrogens with two attached hydrogens (primary N) is 1. The number of rotatable bonds is 5. The van der Waals surface area contributed by atoms with E-state index in [9.17, 15) is 9.59 Å². The fourth-order valence-electron chi connectivity index (χ4n) is 1.38. The standard InChI is InChI=1S/C13H18N2O2/c1-3-11(14)8-13(17)15-12-6-4-10(5-7-12)9(2)16/h4-7,11H,3,8,14H2,1-2H3,(H,15,17). The highest BCUT2D eigenvalue weighted by molar-refractivity contribution is 5.95. The lowest BCUT2D eigenvalue weighted by atomic mass is 10.1. The van der Waals surface area contributed by atoms with Crippen molar-refractivity contribution in [1.29, 1.82) is 0 Å². The van der Waals surface area contributed by atoms with Gasteiger partial charge in [0.25, 0.3) is 0 Å². The molecule has 17 heavy (non-hydrogen) atoms. The van der Waals surface area contributed by atoms with Crippen molar-refractivity contribution in [2.75, 3.05) is 5.32 Å². The summed E-state index contributed by atoms with van der Waals surface area (Å²) in [6.45, 7) is 3.45. The Balaban J connectivity index is 2.57. The predicted molar refractivity (Wildman–Crippen MR) is 68.0 cm³/mol. The lowest BCUT2D eigenvalue weighted by Crippen LogP contribution is -2.26. The van der Waals surface area contributed by atoms with Crippen molar-refractivity contribution in [3.05, 3.63) is 29.8 Å². The van der Waals surface area contributed by atoms with Crippen molar-refractivity contribution in [2.24, 2.45) is 5.73 Å². The summed E-state index contributed by atoms with van der Waals surface area (Å²) in [6.07, 6.45) is 1.08. The highest BCUT2D eigenvalue weighted by Gasteiger charge is 2.08. The van der Waals surface area contributed by atoms with Crippen LogP contribution in [0.15, 0.2) is 24.3 Å². The molecule has 0 saturated heterocycles. The molecule has 1 aromatic rings. The summed E-state index contributed by atoms with van der Waals surface area (Å²) in [5, 5.41) is 2.74. The number of Topliss-reactive ketones (excluding diaryl/α,β-unsaturated/α-hetero) is 1. The molecule has 0 fully saturated rings. The Morgan fingerprint density at radius 2 is 1.88 bits per heavy atom. The Kier molecular flexibility index (Phi) is 4.84. The SMILES string of the molecule is CCC(N)CC(=O)Nc1ccc(C(C)=O)cc1. The van der Waals surface area contributed by atoms with Gasteiger partial charge >= 0.3 is 0 Å². The van der Waals surface area contributed by atoms with E-state index in [0.717, 1.165) is 6.42 Å². The fourth-order valence-corrected chi connectivity index (χ4v) is 1.38. The summed E-state index contributed by atoms with van der Waals surface area (Å²) in [6, 6.07) is 6.71. The Morgan fingerprint density at radius 3 is 2.35 bits per heavy atom. The average molecular weight is 234 g/mol. The maximum atomic E-state index is 11.5. The van der Waals surface area contributed by atoms with Crippen LogP contribution in [-0.2, 0) is 4.79 Å². The van der Waals surface area contributed by atoms with Crippen molar-refractivity contribution >= 4 is 17.4 Å². The van der Waals surface area contributed by atoms with Crippen LogP contribution >= 0.6 is 0 Å². The zero-order chi connectivity index (χ0) is 12.8. The molecule has 0 aromatic heterocycles. The number of carbonyl (C=O) groups excluding carboxylic acids is 2. The normalized spacial score (nSPS) is 11.9. The van der Waals surface area contributed by atoms with Crippen LogP contribution in [0, 0.1) is 0 Å². The van der Waals surface area contributed by atoms with E-state index in [4.69, 9.17) is 5.73 Å². The average Bonchev–Trinajstić information content (AvgIpc) is 2.29. The van der Waals surface area contributed by atoms with Gasteiger partial charge in [-0.15, -0.1) is 0 Å². The molecule has 1 atom stereocenters. The monoisotopic (exact) mass is 234 g/mol. The highest BCUT2D eigenvalue weighted by Crippen LogP contribution is 2.10. The quantitative estimate of drug-likeness (QED) is 0.765. The highest BCUT2D eigenvalue weighted by atomic mass is 16.1. The molecule has 0 aliphatic heterocycles. The van der Waals surface area contributed by atoms with Gasteiger partial charge in [-0.25, -0.2) is 0 Å². The predicted octanol–water partition coefficient (Wildman–Crippen LogP) is 1.96. The first-order valence-corrected chi connectivity index (χ1v) is 5.69. The number of nitrogens with one attached hydrogen (secondary N) is 1. The summed E-state index contributed by atoms with van der Waals surface area (Å²) in [4.78, 5) is 22.6. The molecule has 1 rings (SSSR count). The second kappa shape index (κ2) is 6.15. The van der Waals surface area contributed by atoms with Gasteiger partial charge in [-0.2, -0.15) is 0 Å². The third-order valence-electron chi connectivity index (χ3n) is 2.55. The van der Waals surface area contributed by atoms with E-state index in [1.807, 2.05) is 6.92 Å². The number of hydrogen-bond acceptors (Lipinski definition) is 3. The van der Waals surface area contributed by atoms with Crippen LogP contribution in [0.5, 0.6) is 0 Å². The molecular weight excluding hydrogens is 216 g/mol. The Bertz CT molecular complexity index is 398. The summed E-state index contributed by atoms with van der Waals surface area (Å²) >= 11 is 0. The van der Waals surface area contributed by atoms with E-state index in [-0.39, 0.29) is 17.7 Å². The minimum Gasteiger partial charge on any atom is -0.327 e. The van der Waals surface area contributed by atoms with Crippen molar-refractivity contribution in [2.45, 2.75) is 32.7 Å². The smallest absolute Gasteiger partial charge is 0.225 e. The van der Waals surface area contributed by atoms with E-state index < -0.39 is 0 Å². The van der Waals surface area contributed by atoms with Gasteiger partial charge in [0.1, 0.15) is 0 Å². The number of hydrogen-bond donors (Lipinski definition) is 2. The second-order valence-electron chi connectivity index (χ2n) is 4.05. The maximum absolute atomic E-state index is 11.5. The van der Waals surface area contributed by atoms with Crippen molar-refractivity contribution in [3.63, 3.8) is 0 Å². The van der Waals surface area contributed by atoms with Crippen molar-refractivity contribution < 1.29 is 9.59 Å². The van der Waals surface area contributed by atoms with Crippen molar-refractivity contribution in [1.82, 2.24) is 0 Å². The molecule has 0 radical (unpaired) electrons. The second-order valence-corrected chi connectivity index (χ2v) is 4.05. The minimum absolute atomic E-state index is 0.0101. The van der Waals surface area contributed by atoms with Crippen LogP contribution < -0.4 is 11.1 Å². The molecular formula is C13H18N2O2. The minimum atomic E-state index is -0.105. The van der Waals surface area contributed by atoms with Crippen LogP contribution in [-0.4, -0.2) is 17.7 Å². The van der Waals surface area contributed by atoms with Gasteiger partial charge < -0.3 is 11.1 Å². The molecule has 0 heterocycles. The third-order valence-corrected chi connectivity index (χ3v) is 2.55. The molecule has 92 valence electrons. The Labute approximate surface area is 101 Å². The zero-order valence-corrected chi connectivity index (χ0v) is 10.2. The zero-order valence-electron chi connectivity index (χ0n) is 10.2. The van der Waals surface area contributed by atoms with Gasteiger partial charge in [0.15, 0.2) is 5.78 Å². The van der Waals surface area contributed by atoms with Crippen LogP contribution in [0.3, 0.4) is 0 Å². The number of amides is 1. The molecule has 0 bridgehead atoms. The molecule has 0 spiro atoms. The van der Waals surface area contributed by atoms with Crippen LogP contribution in [0.1, 0.15) is 37.0 Å². The summed E-state index contributed by atoms with van der Waals surface area (Å²) < 4.78 is 0. The van der Waals surface area contributed by atoms with Gasteiger partial charge in [-0.1, -0.05) is 6.92 Å². The van der Waals surface area contributed by atoms with E-state index in [2.05, 4.69) is 5.32 Å². The number of carbonyl (C=O) groups is 2. The van der Waals surface area contributed by atoms with E-state index >= 15 is 0 Å². The van der Waals surface area contributed by atoms with Crippen LogP contribution in [0.4, 0.5) is 5.69 Å². The Hall–Kier alpha value is -1.68. The molecule has 0 saturated carbocycles. The van der Waals surface area contributed by atoms with E-state index in [1.165, 1.54) is 6.92 Å². The van der Waals surface area contributed by atoms with Gasteiger partial charge in [-0.3, -0.25) is 9.59 Å². The summed E-state index contributed by atoms with van der Waals surface area (Å²) in [5.74, 6) is -0.0918.